The number of carbonyl (C=O) groups excluding carboxylic acids is 1. The zero-order valence-electron chi connectivity index (χ0n) is 17.7. The van der Waals surface area contributed by atoms with Crippen molar-refractivity contribution in [3.05, 3.63) is 53.6 Å². The average molecular weight is 445 g/mol. The van der Waals surface area contributed by atoms with Crippen LogP contribution in [0.1, 0.15) is 42.9 Å². The third-order valence-electron chi connectivity index (χ3n) is 5.69. The van der Waals surface area contributed by atoms with E-state index in [-0.39, 0.29) is 29.8 Å². The van der Waals surface area contributed by atoms with Crippen molar-refractivity contribution in [1.82, 2.24) is 9.62 Å². The minimum absolute atomic E-state index is 0.0293. The molecule has 31 heavy (non-hydrogen) atoms. The SMILES string of the molecule is Cc1ccc(S(=O)(=O)NCCC(=O)N2CCC[C@@H]2c2ccc3c(c2)OCCCO3)cc1. The molecular formula is C23H28N2O5S. The first kappa shape index (κ1) is 21.6. The molecule has 1 fully saturated rings. The van der Waals surface area contributed by atoms with Gasteiger partial charge < -0.3 is 14.4 Å². The Morgan fingerprint density at radius 3 is 2.58 bits per heavy atom. The highest BCUT2D eigenvalue weighted by molar-refractivity contribution is 7.89. The molecule has 2 heterocycles. The Balaban J connectivity index is 1.38. The molecule has 0 radical (unpaired) electrons. The van der Waals surface area contributed by atoms with Gasteiger partial charge in [-0.05, 0) is 49.6 Å². The fraction of sp³-hybridized carbons (Fsp3) is 0.435. The number of nitrogens with one attached hydrogen (secondary N) is 1. The molecule has 0 spiro atoms. The van der Waals surface area contributed by atoms with Crippen LogP contribution in [0.3, 0.4) is 0 Å². The largest absolute Gasteiger partial charge is 0.490 e. The van der Waals surface area contributed by atoms with Gasteiger partial charge in [-0.15, -0.1) is 0 Å². The van der Waals surface area contributed by atoms with Crippen LogP contribution in [-0.2, 0) is 14.8 Å². The Morgan fingerprint density at radius 1 is 1.06 bits per heavy atom. The number of rotatable bonds is 6. The minimum atomic E-state index is -3.63. The van der Waals surface area contributed by atoms with Crippen LogP contribution in [0.2, 0.25) is 0 Å². The van der Waals surface area contributed by atoms with Crippen LogP contribution in [0.25, 0.3) is 0 Å². The number of likely N-dealkylation sites (tertiary alicyclic amines) is 1. The molecular weight excluding hydrogens is 416 g/mol. The number of hydrogen-bond acceptors (Lipinski definition) is 5. The zero-order valence-corrected chi connectivity index (χ0v) is 18.5. The van der Waals surface area contributed by atoms with Crippen LogP contribution < -0.4 is 14.2 Å². The van der Waals surface area contributed by atoms with Crippen molar-refractivity contribution in [1.29, 1.82) is 0 Å². The number of sulfonamides is 1. The van der Waals surface area contributed by atoms with Crippen molar-refractivity contribution in [3.63, 3.8) is 0 Å². The summed E-state index contributed by atoms with van der Waals surface area (Å²) in [5.74, 6) is 1.41. The highest BCUT2D eigenvalue weighted by Crippen LogP contribution is 2.38. The van der Waals surface area contributed by atoms with Gasteiger partial charge >= 0.3 is 0 Å². The van der Waals surface area contributed by atoms with Crippen LogP contribution >= 0.6 is 0 Å². The highest BCUT2D eigenvalue weighted by atomic mass is 32.2. The lowest BCUT2D eigenvalue weighted by Crippen LogP contribution is -2.34. The lowest BCUT2D eigenvalue weighted by Gasteiger charge is -2.26. The van der Waals surface area contributed by atoms with Crippen molar-refractivity contribution >= 4 is 15.9 Å². The number of ether oxygens (including phenoxy) is 2. The van der Waals surface area contributed by atoms with Crippen molar-refractivity contribution in [2.75, 3.05) is 26.3 Å². The second-order valence-electron chi connectivity index (χ2n) is 7.96. The number of fused-ring (bicyclic) bond motifs is 1. The smallest absolute Gasteiger partial charge is 0.240 e. The second kappa shape index (κ2) is 9.28. The number of hydrogen-bond donors (Lipinski definition) is 1. The van der Waals surface area contributed by atoms with E-state index < -0.39 is 10.0 Å². The summed E-state index contributed by atoms with van der Waals surface area (Å²) in [6, 6.07) is 12.5. The predicted molar refractivity (Wildman–Crippen MR) is 117 cm³/mol. The topological polar surface area (TPSA) is 84.9 Å². The van der Waals surface area contributed by atoms with Gasteiger partial charge in [-0.1, -0.05) is 23.8 Å². The minimum Gasteiger partial charge on any atom is -0.490 e. The molecule has 0 aliphatic carbocycles. The number of aryl methyl sites for hydroxylation is 1. The van der Waals surface area contributed by atoms with E-state index in [0.29, 0.717) is 19.8 Å². The normalized spacial score (nSPS) is 18.6. The van der Waals surface area contributed by atoms with Gasteiger partial charge in [0, 0.05) is 25.9 Å². The van der Waals surface area contributed by atoms with Gasteiger partial charge in [0.05, 0.1) is 24.2 Å². The molecule has 0 aromatic heterocycles. The average Bonchev–Trinajstić information content (AvgIpc) is 3.13. The lowest BCUT2D eigenvalue weighted by molar-refractivity contribution is -0.131. The maximum Gasteiger partial charge on any atom is 0.240 e. The maximum absolute atomic E-state index is 12.9. The molecule has 166 valence electrons. The van der Waals surface area contributed by atoms with Crippen molar-refractivity contribution in [3.8, 4) is 11.5 Å². The summed E-state index contributed by atoms with van der Waals surface area (Å²) in [6.07, 6.45) is 2.75. The Hall–Kier alpha value is -2.58. The van der Waals surface area contributed by atoms with Gasteiger partial charge in [0.1, 0.15) is 0 Å². The third kappa shape index (κ3) is 5.02. The van der Waals surface area contributed by atoms with E-state index in [2.05, 4.69) is 4.72 Å². The Labute approximate surface area is 183 Å². The first-order valence-electron chi connectivity index (χ1n) is 10.7. The monoisotopic (exact) mass is 444 g/mol. The number of benzene rings is 2. The molecule has 7 nitrogen and oxygen atoms in total. The fourth-order valence-electron chi connectivity index (χ4n) is 4.04. The van der Waals surface area contributed by atoms with Gasteiger partial charge in [-0.25, -0.2) is 13.1 Å². The Kier molecular flexibility index (Phi) is 6.48. The highest BCUT2D eigenvalue weighted by Gasteiger charge is 2.30. The van der Waals surface area contributed by atoms with E-state index in [0.717, 1.165) is 41.9 Å². The Morgan fingerprint density at radius 2 is 1.81 bits per heavy atom. The lowest BCUT2D eigenvalue weighted by atomic mass is 10.0. The fourth-order valence-corrected chi connectivity index (χ4v) is 5.07. The number of nitrogens with zero attached hydrogens (tertiary/aromatic N) is 1. The molecule has 2 aliphatic heterocycles. The summed E-state index contributed by atoms with van der Waals surface area (Å²) in [4.78, 5) is 14.9. The molecule has 4 rings (SSSR count). The van der Waals surface area contributed by atoms with Gasteiger partial charge in [-0.3, -0.25) is 4.79 Å². The molecule has 2 aromatic carbocycles. The van der Waals surface area contributed by atoms with E-state index in [1.165, 1.54) is 0 Å². The molecule has 1 atom stereocenters. The summed E-state index contributed by atoms with van der Waals surface area (Å²) >= 11 is 0. The van der Waals surface area contributed by atoms with Gasteiger partial charge in [0.15, 0.2) is 11.5 Å². The molecule has 0 unspecified atom stereocenters. The molecule has 8 heteroatoms. The molecule has 2 aromatic rings. The van der Waals surface area contributed by atoms with Crippen LogP contribution in [-0.4, -0.2) is 45.5 Å². The van der Waals surface area contributed by atoms with Gasteiger partial charge in [-0.2, -0.15) is 0 Å². The molecule has 1 N–H and O–H groups in total. The number of carbonyl (C=O) groups is 1. The first-order valence-corrected chi connectivity index (χ1v) is 12.2. The molecule has 1 saturated heterocycles. The van der Waals surface area contributed by atoms with E-state index >= 15 is 0 Å². The molecule has 0 saturated carbocycles. The Bertz CT molecular complexity index is 1040. The standard InChI is InChI=1S/C23H28N2O5S/c1-17-5-8-19(9-6-17)31(27,28)24-12-11-23(26)25-13-2-4-20(25)18-7-10-21-22(16-18)30-15-3-14-29-21/h5-10,16,20,24H,2-4,11-15H2,1H3/t20-/m1/s1. The molecule has 1 amide bonds. The molecule has 2 aliphatic rings. The number of amides is 1. The quantitative estimate of drug-likeness (QED) is 0.740. The van der Waals surface area contributed by atoms with Gasteiger partial charge in [0.25, 0.3) is 0 Å². The van der Waals surface area contributed by atoms with Gasteiger partial charge in [0.2, 0.25) is 15.9 Å². The molecule has 0 bridgehead atoms. The zero-order chi connectivity index (χ0) is 21.8. The third-order valence-corrected chi connectivity index (χ3v) is 7.17. The van der Waals surface area contributed by atoms with Crippen LogP contribution in [0.15, 0.2) is 47.4 Å². The second-order valence-corrected chi connectivity index (χ2v) is 9.73. The summed E-state index contributed by atoms with van der Waals surface area (Å²) in [5, 5.41) is 0. The first-order chi connectivity index (χ1) is 14.9. The maximum atomic E-state index is 12.9. The van der Waals surface area contributed by atoms with Crippen molar-refractivity contribution in [2.24, 2.45) is 0 Å². The van der Waals surface area contributed by atoms with E-state index in [1.807, 2.05) is 30.0 Å². The summed E-state index contributed by atoms with van der Waals surface area (Å²) in [5.41, 5.74) is 2.01. The van der Waals surface area contributed by atoms with E-state index in [1.54, 1.807) is 24.3 Å². The van der Waals surface area contributed by atoms with Crippen LogP contribution in [0, 0.1) is 6.92 Å². The van der Waals surface area contributed by atoms with Crippen LogP contribution in [0.4, 0.5) is 0 Å². The predicted octanol–water partition coefficient (Wildman–Crippen LogP) is 3.19. The summed E-state index contributed by atoms with van der Waals surface area (Å²) in [7, 11) is -3.63. The summed E-state index contributed by atoms with van der Waals surface area (Å²) < 4.78 is 38.9. The van der Waals surface area contributed by atoms with Crippen molar-refractivity contribution < 1.29 is 22.7 Å². The van der Waals surface area contributed by atoms with Crippen molar-refractivity contribution in [2.45, 2.75) is 43.5 Å². The van der Waals surface area contributed by atoms with E-state index in [9.17, 15) is 13.2 Å². The van der Waals surface area contributed by atoms with E-state index in [4.69, 9.17) is 9.47 Å². The van der Waals surface area contributed by atoms with Crippen LogP contribution in [0.5, 0.6) is 11.5 Å². The summed E-state index contributed by atoms with van der Waals surface area (Å²) in [6.45, 7) is 3.89.